The molecular weight excluding hydrogens is 190 g/mol. The van der Waals surface area contributed by atoms with Gasteiger partial charge in [-0.25, -0.2) is 8.42 Å². The molecular formula is C8H9NO3S. The highest BCUT2D eigenvalue weighted by atomic mass is 32.2. The number of amides is 1. The van der Waals surface area contributed by atoms with Crippen LogP contribution in [0.1, 0.15) is 5.56 Å². The van der Waals surface area contributed by atoms with Crippen LogP contribution in [0.2, 0.25) is 0 Å². The average molecular weight is 199 g/mol. The van der Waals surface area contributed by atoms with Gasteiger partial charge in [0.05, 0.1) is 4.90 Å². The van der Waals surface area contributed by atoms with Gasteiger partial charge in [0.15, 0.2) is 0 Å². The van der Waals surface area contributed by atoms with E-state index in [1.807, 2.05) is 0 Å². The molecule has 1 aromatic rings. The minimum atomic E-state index is -3.65. The zero-order chi connectivity index (χ0) is 9.90. The number of carbonyl (C=O) groups excluding carboxylic acids is 1. The van der Waals surface area contributed by atoms with Crippen LogP contribution in [0.3, 0.4) is 0 Å². The number of benzene rings is 1. The third-order valence-corrected chi connectivity index (χ3v) is 2.78. The summed E-state index contributed by atoms with van der Waals surface area (Å²) in [5, 5.41) is 0. The first-order valence-electron chi connectivity index (χ1n) is 3.59. The molecule has 0 aliphatic carbocycles. The summed E-state index contributed by atoms with van der Waals surface area (Å²) in [6.07, 6.45) is 0.150. The van der Waals surface area contributed by atoms with Crippen LogP contribution in [0.15, 0.2) is 29.2 Å². The second-order valence-electron chi connectivity index (χ2n) is 2.56. The number of sulfonamides is 1. The van der Waals surface area contributed by atoms with Crippen LogP contribution in [-0.4, -0.2) is 14.8 Å². The van der Waals surface area contributed by atoms with Gasteiger partial charge in [0.1, 0.15) is 0 Å². The lowest BCUT2D eigenvalue weighted by molar-refractivity contribution is -0.108. The van der Waals surface area contributed by atoms with E-state index in [1.165, 1.54) is 12.1 Å². The van der Waals surface area contributed by atoms with Crippen molar-refractivity contribution in [3.05, 3.63) is 29.8 Å². The SMILES string of the molecule is Cc1cccc(S(=O)(=O)NC=O)c1. The van der Waals surface area contributed by atoms with Gasteiger partial charge in [0.25, 0.3) is 10.0 Å². The summed E-state index contributed by atoms with van der Waals surface area (Å²) < 4.78 is 24.2. The quantitative estimate of drug-likeness (QED) is 0.718. The van der Waals surface area contributed by atoms with Crippen molar-refractivity contribution in [3.63, 3.8) is 0 Å². The molecule has 0 spiro atoms. The van der Waals surface area contributed by atoms with Crippen molar-refractivity contribution in [2.75, 3.05) is 0 Å². The molecule has 0 radical (unpaired) electrons. The Balaban J connectivity index is 3.15. The van der Waals surface area contributed by atoms with Gasteiger partial charge in [-0.15, -0.1) is 0 Å². The Kier molecular flexibility index (Phi) is 2.67. The van der Waals surface area contributed by atoms with Crippen molar-refractivity contribution in [1.29, 1.82) is 0 Å². The Hall–Kier alpha value is -1.36. The zero-order valence-corrected chi connectivity index (χ0v) is 7.84. The molecule has 0 aliphatic heterocycles. The lowest BCUT2D eigenvalue weighted by atomic mass is 10.2. The highest BCUT2D eigenvalue weighted by Crippen LogP contribution is 2.09. The summed E-state index contributed by atoms with van der Waals surface area (Å²) >= 11 is 0. The Morgan fingerprint density at radius 3 is 2.62 bits per heavy atom. The van der Waals surface area contributed by atoms with Crippen LogP contribution in [0.4, 0.5) is 0 Å². The highest BCUT2D eigenvalue weighted by molar-refractivity contribution is 7.90. The fourth-order valence-corrected chi connectivity index (χ4v) is 1.78. The van der Waals surface area contributed by atoms with Crippen molar-refractivity contribution in [2.45, 2.75) is 11.8 Å². The van der Waals surface area contributed by atoms with E-state index in [2.05, 4.69) is 0 Å². The van der Waals surface area contributed by atoms with E-state index in [-0.39, 0.29) is 11.3 Å². The number of rotatable bonds is 3. The molecule has 0 atom stereocenters. The third-order valence-electron chi connectivity index (χ3n) is 1.50. The lowest BCUT2D eigenvalue weighted by Gasteiger charge is -2.01. The normalized spacial score (nSPS) is 10.8. The molecule has 4 nitrogen and oxygen atoms in total. The largest absolute Gasteiger partial charge is 0.278 e. The van der Waals surface area contributed by atoms with Crippen molar-refractivity contribution in [1.82, 2.24) is 4.72 Å². The summed E-state index contributed by atoms with van der Waals surface area (Å²) in [5.41, 5.74) is 0.828. The van der Waals surface area contributed by atoms with Gasteiger partial charge in [-0.3, -0.25) is 9.52 Å². The Morgan fingerprint density at radius 2 is 2.08 bits per heavy atom. The minimum absolute atomic E-state index is 0.0969. The summed E-state index contributed by atoms with van der Waals surface area (Å²) in [6, 6.07) is 6.32. The summed E-state index contributed by atoms with van der Waals surface area (Å²) in [6.45, 7) is 1.78. The maximum absolute atomic E-state index is 11.2. The number of nitrogens with one attached hydrogen (secondary N) is 1. The van der Waals surface area contributed by atoms with Crippen LogP contribution in [0.5, 0.6) is 0 Å². The van der Waals surface area contributed by atoms with E-state index in [0.717, 1.165) is 5.56 Å². The van der Waals surface area contributed by atoms with E-state index in [9.17, 15) is 13.2 Å². The van der Waals surface area contributed by atoms with Gasteiger partial charge in [-0.1, -0.05) is 12.1 Å². The topological polar surface area (TPSA) is 63.2 Å². The monoisotopic (exact) mass is 199 g/mol. The van der Waals surface area contributed by atoms with E-state index >= 15 is 0 Å². The van der Waals surface area contributed by atoms with Gasteiger partial charge >= 0.3 is 0 Å². The van der Waals surface area contributed by atoms with Gasteiger partial charge < -0.3 is 0 Å². The summed E-state index contributed by atoms with van der Waals surface area (Å²) in [4.78, 5) is 10.1. The molecule has 0 unspecified atom stereocenters. The molecule has 13 heavy (non-hydrogen) atoms. The number of aryl methyl sites for hydroxylation is 1. The maximum atomic E-state index is 11.2. The molecule has 0 saturated heterocycles. The lowest BCUT2D eigenvalue weighted by Crippen LogP contribution is -2.21. The molecule has 0 aromatic heterocycles. The van der Waals surface area contributed by atoms with E-state index in [1.54, 1.807) is 23.8 Å². The highest BCUT2D eigenvalue weighted by Gasteiger charge is 2.11. The van der Waals surface area contributed by atoms with Crippen molar-refractivity contribution in [3.8, 4) is 0 Å². The van der Waals surface area contributed by atoms with Gasteiger partial charge in [0.2, 0.25) is 6.41 Å². The van der Waals surface area contributed by atoms with Crippen LogP contribution in [-0.2, 0) is 14.8 Å². The number of hydrogen-bond acceptors (Lipinski definition) is 3. The Labute approximate surface area is 76.6 Å². The van der Waals surface area contributed by atoms with Crippen LogP contribution in [0, 0.1) is 6.92 Å². The smallest absolute Gasteiger partial charge is 0.263 e. The third kappa shape index (κ3) is 2.29. The first-order valence-corrected chi connectivity index (χ1v) is 5.07. The van der Waals surface area contributed by atoms with Crippen LogP contribution >= 0.6 is 0 Å². The number of carbonyl (C=O) groups is 1. The summed E-state index contributed by atoms with van der Waals surface area (Å²) in [7, 11) is -3.65. The predicted molar refractivity (Wildman–Crippen MR) is 47.6 cm³/mol. The summed E-state index contributed by atoms with van der Waals surface area (Å²) in [5.74, 6) is 0. The second kappa shape index (κ2) is 3.57. The molecule has 70 valence electrons. The molecule has 1 amide bonds. The van der Waals surface area contributed by atoms with E-state index in [4.69, 9.17) is 0 Å². The fraction of sp³-hybridized carbons (Fsp3) is 0.125. The van der Waals surface area contributed by atoms with Crippen molar-refractivity contribution in [2.24, 2.45) is 0 Å². The molecule has 0 bridgehead atoms. The molecule has 0 aliphatic rings. The molecule has 1 aromatic carbocycles. The predicted octanol–water partition coefficient (Wildman–Crippen LogP) is 0.430. The maximum Gasteiger partial charge on any atom is 0.263 e. The van der Waals surface area contributed by atoms with Crippen LogP contribution in [0.25, 0.3) is 0 Å². The molecule has 0 saturated carbocycles. The van der Waals surface area contributed by atoms with Crippen LogP contribution < -0.4 is 4.72 Å². The van der Waals surface area contributed by atoms with Gasteiger partial charge in [-0.2, -0.15) is 0 Å². The Morgan fingerprint density at radius 1 is 1.38 bits per heavy atom. The van der Waals surface area contributed by atoms with Crippen molar-refractivity contribution >= 4 is 16.4 Å². The molecule has 1 rings (SSSR count). The Bertz CT molecular complexity index is 411. The molecule has 0 heterocycles. The zero-order valence-electron chi connectivity index (χ0n) is 7.02. The van der Waals surface area contributed by atoms with Gasteiger partial charge in [-0.05, 0) is 24.6 Å². The van der Waals surface area contributed by atoms with E-state index in [0.29, 0.717) is 0 Å². The minimum Gasteiger partial charge on any atom is -0.278 e. The molecule has 0 fully saturated rings. The second-order valence-corrected chi connectivity index (χ2v) is 4.27. The molecule has 5 heteroatoms. The van der Waals surface area contributed by atoms with E-state index < -0.39 is 10.0 Å². The number of hydrogen-bond donors (Lipinski definition) is 1. The first-order chi connectivity index (χ1) is 6.06. The van der Waals surface area contributed by atoms with Crippen molar-refractivity contribution < 1.29 is 13.2 Å². The standard InChI is InChI=1S/C8H9NO3S/c1-7-3-2-4-8(5-7)13(11,12)9-6-10/h2-6H,1H3,(H,9,10). The van der Waals surface area contributed by atoms with Gasteiger partial charge in [0, 0.05) is 0 Å². The fourth-order valence-electron chi connectivity index (χ4n) is 0.914. The average Bonchev–Trinajstić information content (AvgIpc) is 2.04. The molecule has 1 N–H and O–H groups in total. The first kappa shape index (κ1) is 9.73.